The largest absolute Gasteiger partial charge is 0.465 e. The minimum atomic E-state index is -1.62. The average Bonchev–Trinajstić information content (AvgIpc) is 3.00. The number of aliphatic hydroxyl groups is 1. The molecule has 2 aliphatic carbocycles. The normalized spacial score (nSPS) is 36.9. The summed E-state index contributed by atoms with van der Waals surface area (Å²) in [6.45, 7) is 8.66. The summed E-state index contributed by atoms with van der Waals surface area (Å²) < 4.78 is 30.1. The average molecular weight is 534 g/mol. The van der Waals surface area contributed by atoms with E-state index in [0.29, 0.717) is 12.8 Å². The Kier molecular flexibility index (Phi) is 7.30. The van der Waals surface area contributed by atoms with E-state index in [1.165, 1.54) is 39.2 Å². The molecule has 1 saturated heterocycles. The number of carbonyl (C=O) groups is 4. The van der Waals surface area contributed by atoms with Gasteiger partial charge in [0.2, 0.25) is 0 Å². The molecule has 1 aliphatic heterocycles. The van der Waals surface area contributed by atoms with Gasteiger partial charge in [0.1, 0.15) is 29.8 Å². The zero-order valence-electron chi connectivity index (χ0n) is 22.5. The van der Waals surface area contributed by atoms with Crippen LogP contribution < -0.4 is 0 Å². The van der Waals surface area contributed by atoms with E-state index in [-0.39, 0.29) is 11.5 Å². The maximum Gasteiger partial charge on any atom is 0.340 e. The molecule has 11 nitrogen and oxygen atoms in total. The van der Waals surface area contributed by atoms with Crippen LogP contribution in [-0.4, -0.2) is 76.2 Å². The smallest absolute Gasteiger partial charge is 0.340 e. The van der Waals surface area contributed by atoms with Crippen LogP contribution in [0.2, 0.25) is 0 Å². The molecule has 208 valence electrons. The summed E-state index contributed by atoms with van der Waals surface area (Å²) in [7, 11) is 0. The lowest BCUT2D eigenvalue weighted by atomic mass is 9.47. The number of hydrogen-bond acceptors (Lipinski definition) is 11. The summed E-state index contributed by atoms with van der Waals surface area (Å²) in [4.78, 5) is 54.3. The summed E-state index contributed by atoms with van der Waals surface area (Å²) in [5.74, 6) is -3.85. The van der Waals surface area contributed by atoms with Crippen LogP contribution >= 0.6 is 0 Å². The van der Waals surface area contributed by atoms with Crippen LogP contribution in [0.3, 0.4) is 0 Å². The Balaban J connectivity index is 2.00. The quantitative estimate of drug-likeness (QED) is 0.423. The second-order valence-corrected chi connectivity index (χ2v) is 11.0. The predicted octanol–water partition coefficient (Wildman–Crippen LogP) is 1.99. The lowest BCUT2D eigenvalue weighted by Crippen LogP contribution is -2.78. The van der Waals surface area contributed by atoms with E-state index in [2.05, 4.69) is 4.98 Å². The Hall–Kier alpha value is -3.05. The number of carbonyl (C=O) groups excluding carboxylic acids is 4. The van der Waals surface area contributed by atoms with Crippen molar-refractivity contribution in [3.8, 4) is 0 Å². The van der Waals surface area contributed by atoms with Gasteiger partial charge in [0.05, 0.1) is 23.2 Å². The molecule has 11 heteroatoms. The summed E-state index contributed by atoms with van der Waals surface area (Å²) in [6.07, 6.45) is -1.14. The van der Waals surface area contributed by atoms with Gasteiger partial charge in [0.25, 0.3) is 0 Å². The molecule has 3 aliphatic rings. The van der Waals surface area contributed by atoms with E-state index < -0.39 is 77.4 Å². The van der Waals surface area contributed by atoms with Gasteiger partial charge < -0.3 is 28.8 Å². The van der Waals surface area contributed by atoms with Gasteiger partial charge in [-0.05, 0) is 44.7 Å². The molecule has 0 radical (unpaired) electrons. The number of aromatic nitrogens is 1. The highest BCUT2D eigenvalue weighted by molar-refractivity contribution is 5.89. The third kappa shape index (κ3) is 4.25. The summed E-state index contributed by atoms with van der Waals surface area (Å²) in [5.41, 5.74) is -4.03. The molecular weight excluding hydrogens is 498 g/mol. The molecule has 1 spiro atoms. The number of rotatable bonds is 6. The second-order valence-electron chi connectivity index (χ2n) is 11.0. The number of aliphatic hydroxyl groups excluding tert-OH is 1. The molecule has 1 aromatic heterocycles. The monoisotopic (exact) mass is 533 g/mol. The number of esters is 4. The fourth-order valence-corrected chi connectivity index (χ4v) is 7.06. The van der Waals surface area contributed by atoms with Gasteiger partial charge in [-0.2, -0.15) is 0 Å². The van der Waals surface area contributed by atoms with Crippen molar-refractivity contribution in [2.75, 3.05) is 6.61 Å². The molecule has 4 rings (SSSR count). The number of fused-ring (bicyclic) bond motifs is 1. The fourth-order valence-electron chi connectivity index (χ4n) is 7.06. The Bertz CT molecular complexity index is 1110. The molecule has 1 N–H and O–H groups in total. The van der Waals surface area contributed by atoms with Gasteiger partial charge >= 0.3 is 23.9 Å². The standard InChI is InChI=1S/C27H35NO10/c1-14-9-10-19(35-16(3)30)26(13-34-15(2)29)23(37-24(33)18-8-7-11-28-12-18)21(36-17(4)31)20-22(32)27(14,26)38-25(20,5)6/h7-8,11-12,14,19-23,32H,9-10,13H2,1-6H3/t14-,19+,20-,21-,22?,23-,26+,27-/m1/s1. The topological polar surface area (TPSA) is 148 Å². The second kappa shape index (κ2) is 9.92. The lowest BCUT2D eigenvalue weighted by Gasteiger charge is -2.63. The van der Waals surface area contributed by atoms with Crippen LogP contribution in [0, 0.1) is 17.3 Å². The van der Waals surface area contributed by atoms with E-state index in [4.69, 9.17) is 23.7 Å². The number of ether oxygens (including phenoxy) is 5. The Morgan fingerprint density at radius 3 is 2.32 bits per heavy atom. The molecule has 1 unspecified atom stereocenters. The van der Waals surface area contributed by atoms with Crippen molar-refractivity contribution in [1.29, 1.82) is 0 Å². The van der Waals surface area contributed by atoms with Crippen LogP contribution in [0.25, 0.3) is 0 Å². The van der Waals surface area contributed by atoms with Crippen LogP contribution in [0.15, 0.2) is 24.5 Å². The van der Waals surface area contributed by atoms with Gasteiger partial charge in [-0.15, -0.1) is 0 Å². The van der Waals surface area contributed by atoms with Crippen molar-refractivity contribution in [2.45, 2.75) is 90.0 Å². The SMILES string of the molecule is CC(=O)OC[C@@]12[C@@H](OC(C)=O)CC[C@@H](C)[C@]13OC(C)(C)[C@@H](C3O)[C@@H](OC(C)=O)[C@H]2OC(=O)c1cccnc1. The molecule has 0 amide bonds. The molecule has 3 fully saturated rings. The van der Waals surface area contributed by atoms with E-state index in [0.717, 1.165) is 0 Å². The fraction of sp³-hybridized carbons (Fsp3) is 0.667. The Morgan fingerprint density at radius 1 is 1.05 bits per heavy atom. The first-order valence-electron chi connectivity index (χ1n) is 12.7. The van der Waals surface area contributed by atoms with Crippen molar-refractivity contribution >= 4 is 23.9 Å². The van der Waals surface area contributed by atoms with Gasteiger partial charge in [-0.25, -0.2) is 4.79 Å². The maximum atomic E-state index is 13.5. The van der Waals surface area contributed by atoms with Crippen LogP contribution in [-0.2, 0) is 38.1 Å². The third-order valence-electron chi connectivity index (χ3n) is 8.33. The van der Waals surface area contributed by atoms with Crippen LogP contribution in [0.5, 0.6) is 0 Å². The Morgan fingerprint density at radius 2 is 1.74 bits per heavy atom. The Labute approximate surface area is 221 Å². The van der Waals surface area contributed by atoms with Crippen molar-refractivity contribution in [3.05, 3.63) is 30.1 Å². The number of pyridine rings is 1. The molecule has 2 heterocycles. The minimum absolute atomic E-state index is 0.136. The van der Waals surface area contributed by atoms with Crippen LogP contribution in [0.1, 0.15) is 64.7 Å². The first-order valence-corrected chi connectivity index (χ1v) is 12.7. The molecule has 2 bridgehead atoms. The van der Waals surface area contributed by atoms with E-state index in [1.807, 2.05) is 6.92 Å². The third-order valence-corrected chi connectivity index (χ3v) is 8.33. The van der Waals surface area contributed by atoms with Gasteiger partial charge in [-0.3, -0.25) is 19.4 Å². The number of hydrogen-bond donors (Lipinski definition) is 1. The zero-order chi connectivity index (χ0) is 28.0. The molecule has 1 aromatic rings. The van der Waals surface area contributed by atoms with Crippen molar-refractivity contribution < 1.29 is 48.0 Å². The minimum Gasteiger partial charge on any atom is -0.465 e. The van der Waals surface area contributed by atoms with Gasteiger partial charge in [0.15, 0.2) is 6.10 Å². The summed E-state index contributed by atoms with van der Waals surface area (Å²) >= 11 is 0. The van der Waals surface area contributed by atoms with Crippen molar-refractivity contribution in [2.24, 2.45) is 17.3 Å². The van der Waals surface area contributed by atoms with E-state index in [1.54, 1.807) is 19.9 Å². The van der Waals surface area contributed by atoms with E-state index >= 15 is 0 Å². The highest BCUT2D eigenvalue weighted by atomic mass is 16.6. The number of nitrogens with zero attached hydrogens (tertiary/aromatic N) is 1. The van der Waals surface area contributed by atoms with Crippen molar-refractivity contribution in [3.63, 3.8) is 0 Å². The predicted molar refractivity (Wildman–Crippen MR) is 129 cm³/mol. The molecule has 2 saturated carbocycles. The van der Waals surface area contributed by atoms with Gasteiger partial charge in [-0.1, -0.05) is 6.92 Å². The lowest BCUT2D eigenvalue weighted by molar-refractivity contribution is -0.312. The molecule has 38 heavy (non-hydrogen) atoms. The first kappa shape index (κ1) is 28.0. The van der Waals surface area contributed by atoms with Crippen LogP contribution in [0.4, 0.5) is 0 Å². The maximum absolute atomic E-state index is 13.5. The summed E-state index contributed by atoms with van der Waals surface area (Å²) in [6, 6.07) is 3.09. The molecular formula is C27H35NO10. The van der Waals surface area contributed by atoms with E-state index in [9.17, 15) is 24.3 Å². The molecule has 8 atom stereocenters. The first-order chi connectivity index (χ1) is 17.8. The highest BCUT2D eigenvalue weighted by Gasteiger charge is 2.83. The highest BCUT2D eigenvalue weighted by Crippen LogP contribution is 2.67. The molecule has 0 aromatic carbocycles. The van der Waals surface area contributed by atoms with Gasteiger partial charge in [0, 0.05) is 33.2 Å². The zero-order valence-corrected chi connectivity index (χ0v) is 22.5. The summed E-state index contributed by atoms with van der Waals surface area (Å²) in [5, 5.41) is 12.0. The van der Waals surface area contributed by atoms with Crippen molar-refractivity contribution in [1.82, 2.24) is 4.98 Å².